The normalized spacial score (nSPS) is 11.7. The van der Waals surface area contributed by atoms with Gasteiger partial charge in [-0.05, 0) is 34.0 Å². The maximum Gasteiger partial charge on any atom is 0.252 e. The van der Waals surface area contributed by atoms with E-state index in [1.807, 2.05) is 32.8 Å². The van der Waals surface area contributed by atoms with Crippen molar-refractivity contribution in [3.63, 3.8) is 0 Å². The molecule has 3 N–H and O–H groups in total. The second kappa shape index (κ2) is 5.54. The molecule has 0 saturated carbocycles. The Labute approximate surface area is 112 Å². The lowest BCUT2D eigenvalue weighted by Gasteiger charge is -2.32. The molecule has 0 bridgehead atoms. The summed E-state index contributed by atoms with van der Waals surface area (Å²) in [5, 5.41) is 3.13. The van der Waals surface area contributed by atoms with E-state index in [9.17, 15) is 4.79 Å². The van der Waals surface area contributed by atoms with Gasteiger partial charge >= 0.3 is 0 Å². The number of carbonyl (C=O) groups is 1. The molecule has 6 heteroatoms. The number of nitrogen functional groups attached to an aromatic ring is 1. The Balaban J connectivity index is 2.69. The monoisotopic (exact) mass is 270 g/mol. The summed E-state index contributed by atoms with van der Waals surface area (Å²) in [6, 6.07) is 1.52. The molecule has 0 aromatic carbocycles. The quantitative estimate of drug-likeness (QED) is 0.867. The van der Waals surface area contributed by atoms with Gasteiger partial charge in [0.05, 0.1) is 10.6 Å². The van der Waals surface area contributed by atoms with Crippen LogP contribution >= 0.6 is 11.6 Å². The summed E-state index contributed by atoms with van der Waals surface area (Å²) in [4.78, 5) is 17.8. The van der Waals surface area contributed by atoms with Crippen molar-refractivity contribution in [3.8, 4) is 0 Å². The summed E-state index contributed by atoms with van der Waals surface area (Å²) in [5.74, 6) is 0.0150. The molecule has 0 aliphatic heterocycles. The summed E-state index contributed by atoms with van der Waals surface area (Å²) >= 11 is 5.82. The largest absolute Gasteiger partial charge is 0.382 e. The van der Waals surface area contributed by atoms with Crippen LogP contribution in [0.3, 0.4) is 0 Å². The summed E-state index contributed by atoms with van der Waals surface area (Å²) < 4.78 is 0. The van der Waals surface area contributed by atoms with E-state index in [0.717, 1.165) is 0 Å². The number of carbonyl (C=O) groups excluding carboxylic acids is 1. The highest BCUT2D eigenvalue weighted by Crippen LogP contribution is 2.16. The first-order valence-corrected chi connectivity index (χ1v) is 5.98. The van der Waals surface area contributed by atoms with E-state index in [-0.39, 0.29) is 22.3 Å². The van der Waals surface area contributed by atoms with Crippen molar-refractivity contribution < 1.29 is 4.79 Å². The highest BCUT2D eigenvalue weighted by Gasteiger charge is 2.21. The lowest BCUT2D eigenvalue weighted by Crippen LogP contribution is -2.48. The number of aromatic nitrogens is 1. The zero-order chi connectivity index (χ0) is 13.9. The Morgan fingerprint density at radius 3 is 2.67 bits per heavy atom. The van der Waals surface area contributed by atoms with Crippen molar-refractivity contribution in [3.05, 3.63) is 22.8 Å². The maximum atomic E-state index is 11.9. The van der Waals surface area contributed by atoms with Gasteiger partial charge in [-0.2, -0.15) is 0 Å². The van der Waals surface area contributed by atoms with Crippen LogP contribution < -0.4 is 11.1 Å². The first-order chi connectivity index (χ1) is 8.24. The number of anilines is 1. The van der Waals surface area contributed by atoms with Gasteiger partial charge in [-0.25, -0.2) is 4.98 Å². The van der Waals surface area contributed by atoms with Gasteiger partial charge in [0.2, 0.25) is 0 Å². The fourth-order valence-corrected chi connectivity index (χ4v) is 1.30. The van der Waals surface area contributed by atoms with Crippen molar-refractivity contribution >= 4 is 23.3 Å². The summed E-state index contributed by atoms with van der Waals surface area (Å²) in [5.41, 5.74) is 5.77. The van der Waals surface area contributed by atoms with Gasteiger partial charge in [-0.1, -0.05) is 11.6 Å². The average Bonchev–Trinajstić information content (AvgIpc) is 2.29. The number of pyridine rings is 1. The third-order valence-corrected chi connectivity index (χ3v) is 3.33. The maximum absolute atomic E-state index is 11.9. The van der Waals surface area contributed by atoms with Crippen LogP contribution in [0, 0.1) is 0 Å². The SMILES string of the molecule is CN(C)C(C)(C)CNC(=O)c1cnc(N)c(Cl)c1. The van der Waals surface area contributed by atoms with Crippen molar-refractivity contribution in [1.82, 2.24) is 15.2 Å². The minimum atomic E-state index is -0.209. The molecule has 0 spiro atoms. The minimum absolute atomic E-state index is 0.124. The van der Waals surface area contributed by atoms with Crippen LogP contribution in [-0.4, -0.2) is 42.0 Å². The molecule has 1 aromatic rings. The zero-order valence-corrected chi connectivity index (χ0v) is 11.9. The van der Waals surface area contributed by atoms with E-state index >= 15 is 0 Å². The number of nitrogens with zero attached hydrogens (tertiary/aromatic N) is 2. The van der Waals surface area contributed by atoms with E-state index < -0.39 is 0 Å². The molecule has 0 atom stereocenters. The third-order valence-electron chi connectivity index (χ3n) is 3.02. The fraction of sp³-hybridized carbons (Fsp3) is 0.500. The Bertz CT molecular complexity index is 446. The molecule has 18 heavy (non-hydrogen) atoms. The number of likely N-dealkylation sites (N-methyl/N-ethyl adjacent to an activating group) is 1. The van der Waals surface area contributed by atoms with Crippen LogP contribution in [0.5, 0.6) is 0 Å². The highest BCUT2D eigenvalue weighted by atomic mass is 35.5. The summed E-state index contributed by atoms with van der Waals surface area (Å²) in [7, 11) is 3.93. The molecule has 0 aliphatic carbocycles. The lowest BCUT2D eigenvalue weighted by molar-refractivity contribution is 0.0919. The number of hydrogen-bond acceptors (Lipinski definition) is 4. The van der Waals surface area contributed by atoms with Crippen molar-refractivity contribution in [2.24, 2.45) is 0 Å². The van der Waals surface area contributed by atoms with Crippen LogP contribution in [0.25, 0.3) is 0 Å². The molecule has 0 saturated heterocycles. The molecule has 0 radical (unpaired) electrons. The second-order valence-electron chi connectivity index (χ2n) is 4.98. The zero-order valence-electron chi connectivity index (χ0n) is 11.1. The van der Waals surface area contributed by atoms with Crippen molar-refractivity contribution in [1.29, 1.82) is 0 Å². The molecule has 0 fully saturated rings. The van der Waals surface area contributed by atoms with Crippen molar-refractivity contribution in [2.45, 2.75) is 19.4 Å². The Morgan fingerprint density at radius 2 is 2.17 bits per heavy atom. The first-order valence-electron chi connectivity index (χ1n) is 5.60. The molecule has 0 aliphatic rings. The van der Waals surface area contributed by atoms with Gasteiger partial charge in [0, 0.05) is 18.3 Å². The standard InChI is InChI=1S/C12H19ClN4O/c1-12(2,17(3)4)7-16-11(18)8-5-9(13)10(14)15-6-8/h5-6H,7H2,1-4H3,(H2,14,15)(H,16,18). The predicted octanol–water partition coefficient (Wildman–Crippen LogP) is 1.39. The molecular weight excluding hydrogens is 252 g/mol. The van der Waals surface area contributed by atoms with E-state index in [1.165, 1.54) is 12.3 Å². The van der Waals surface area contributed by atoms with Gasteiger partial charge in [-0.3, -0.25) is 4.79 Å². The molecule has 100 valence electrons. The average molecular weight is 271 g/mol. The van der Waals surface area contributed by atoms with E-state index in [2.05, 4.69) is 10.3 Å². The molecule has 1 aromatic heterocycles. The van der Waals surface area contributed by atoms with E-state index in [4.69, 9.17) is 17.3 Å². The van der Waals surface area contributed by atoms with Gasteiger partial charge in [0.1, 0.15) is 5.82 Å². The molecule has 1 rings (SSSR count). The van der Waals surface area contributed by atoms with Crippen LogP contribution in [-0.2, 0) is 0 Å². The summed E-state index contributed by atoms with van der Waals surface area (Å²) in [6.45, 7) is 4.61. The van der Waals surface area contributed by atoms with Crippen LogP contribution in [0.15, 0.2) is 12.3 Å². The van der Waals surface area contributed by atoms with Crippen LogP contribution in [0.1, 0.15) is 24.2 Å². The number of nitrogens with one attached hydrogen (secondary N) is 1. The molecule has 0 unspecified atom stereocenters. The second-order valence-corrected chi connectivity index (χ2v) is 5.39. The van der Waals surface area contributed by atoms with Gasteiger partial charge in [-0.15, -0.1) is 0 Å². The van der Waals surface area contributed by atoms with Crippen LogP contribution in [0.4, 0.5) is 5.82 Å². The number of rotatable bonds is 4. The minimum Gasteiger partial charge on any atom is -0.382 e. The topological polar surface area (TPSA) is 71.2 Å². The number of halogens is 1. The molecule has 5 nitrogen and oxygen atoms in total. The Kier molecular flexibility index (Phi) is 4.53. The van der Waals surface area contributed by atoms with Crippen LogP contribution in [0.2, 0.25) is 5.02 Å². The number of nitrogens with two attached hydrogens (primary N) is 1. The van der Waals surface area contributed by atoms with Gasteiger partial charge in [0.25, 0.3) is 5.91 Å². The third kappa shape index (κ3) is 3.58. The Hall–Kier alpha value is -1.33. The Morgan fingerprint density at radius 1 is 1.56 bits per heavy atom. The number of amides is 1. The molecule has 1 amide bonds. The smallest absolute Gasteiger partial charge is 0.252 e. The van der Waals surface area contributed by atoms with E-state index in [1.54, 1.807) is 0 Å². The van der Waals surface area contributed by atoms with Gasteiger partial charge < -0.3 is 16.0 Å². The molecular formula is C12H19ClN4O. The predicted molar refractivity (Wildman–Crippen MR) is 73.8 cm³/mol. The van der Waals surface area contributed by atoms with Gasteiger partial charge in [0.15, 0.2) is 0 Å². The van der Waals surface area contributed by atoms with E-state index in [0.29, 0.717) is 12.1 Å². The number of hydrogen-bond donors (Lipinski definition) is 2. The van der Waals surface area contributed by atoms with Crippen molar-refractivity contribution in [2.75, 3.05) is 26.4 Å². The first kappa shape index (κ1) is 14.7. The highest BCUT2D eigenvalue weighted by molar-refractivity contribution is 6.33. The molecule has 1 heterocycles. The lowest BCUT2D eigenvalue weighted by atomic mass is 10.0. The summed E-state index contributed by atoms with van der Waals surface area (Å²) in [6.07, 6.45) is 1.42. The fourth-order valence-electron chi connectivity index (χ4n) is 1.13.